The Hall–Kier alpha value is -3.57. The van der Waals surface area contributed by atoms with E-state index in [9.17, 15) is 14.0 Å². The molecule has 0 radical (unpaired) electrons. The van der Waals surface area contributed by atoms with E-state index < -0.39 is 17.2 Å². The molecule has 1 heterocycles. The zero-order valence-electron chi connectivity index (χ0n) is 18.7. The molecule has 0 N–H and O–H groups in total. The Bertz CT molecular complexity index is 1440. The SMILES string of the molecule is O=C(c1ccc(Br)cc1)[C@H]1[C@H](c2ccccc2)[C@@]12C(=O)N(Cc1ccccc1)c1ccc(F)cc12. The molecule has 1 fully saturated rings. The van der Waals surface area contributed by atoms with Crippen LogP contribution in [0.4, 0.5) is 10.1 Å². The van der Waals surface area contributed by atoms with E-state index in [4.69, 9.17) is 0 Å². The minimum absolute atomic E-state index is 0.100. The summed E-state index contributed by atoms with van der Waals surface area (Å²) in [7, 11) is 0. The minimum Gasteiger partial charge on any atom is -0.307 e. The Balaban J connectivity index is 1.51. The van der Waals surface area contributed by atoms with Crippen molar-refractivity contribution in [2.45, 2.75) is 17.9 Å². The molecule has 0 saturated heterocycles. The minimum atomic E-state index is -1.13. The number of halogens is 2. The Morgan fingerprint density at radius 1 is 0.886 bits per heavy atom. The molecule has 1 saturated carbocycles. The highest BCUT2D eigenvalue weighted by atomic mass is 79.9. The average Bonchev–Trinajstić information content (AvgIpc) is 3.53. The van der Waals surface area contributed by atoms with Crippen LogP contribution < -0.4 is 4.90 Å². The molecule has 0 bridgehead atoms. The fourth-order valence-corrected chi connectivity index (χ4v) is 5.97. The quantitative estimate of drug-likeness (QED) is 0.273. The maximum absolute atomic E-state index is 14.6. The van der Waals surface area contributed by atoms with Crippen LogP contribution in [-0.4, -0.2) is 11.7 Å². The van der Waals surface area contributed by atoms with Crippen LogP contribution in [-0.2, 0) is 16.8 Å². The number of carbonyl (C=O) groups is 2. The zero-order chi connectivity index (χ0) is 24.2. The number of hydrogen-bond acceptors (Lipinski definition) is 2. The van der Waals surface area contributed by atoms with E-state index in [0.29, 0.717) is 23.4 Å². The van der Waals surface area contributed by atoms with E-state index in [1.807, 2.05) is 72.8 Å². The van der Waals surface area contributed by atoms with Gasteiger partial charge in [-0.3, -0.25) is 9.59 Å². The molecule has 4 aromatic carbocycles. The van der Waals surface area contributed by atoms with E-state index in [0.717, 1.165) is 15.6 Å². The normalized spacial score (nSPS) is 22.3. The van der Waals surface area contributed by atoms with Crippen LogP contribution in [0.1, 0.15) is 33.0 Å². The first kappa shape index (κ1) is 21.9. The van der Waals surface area contributed by atoms with Gasteiger partial charge < -0.3 is 4.90 Å². The Morgan fingerprint density at radius 3 is 2.23 bits per heavy atom. The first-order valence-electron chi connectivity index (χ1n) is 11.5. The molecule has 172 valence electrons. The van der Waals surface area contributed by atoms with Gasteiger partial charge in [-0.05, 0) is 47.0 Å². The summed E-state index contributed by atoms with van der Waals surface area (Å²) in [6.07, 6.45) is 0. The van der Waals surface area contributed by atoms with Gasteiger partial charge in [0.15, 0.2) is 5.78 Å². The topological polar surface area (TPSA) is 37.4 Å². The predicted octanol–water partition coefficient (Wildman–Crippen LogP) is 6.67. The number of carbonyl (C=O) groups excluding carboxylic acids is 2. The highest BCUT2D eigenvalue weighted by molar-refractivity contribution is 9.10. The van der Waals surface area contributed by atoms with Gasteiger partial charge in [0, 0.05) is 27.6 Å². The summed E-state index contributed by atoms with van der Waals surface area (Å²) < 4.78 is 15.5. The molecule has 1 spiro atoms. The number of hydrogen-bond donors (Lipinski definition) is 0. The van der Waals surface area contributed by atoms with Crippen molar-refractivity contribution in [1.82, 2.24) is 0 Å². The summed E-state index contributed by atoms with van der Waals surface area (Å²) in [6, 6.07) is 31.1. The largest absolute Gasteiger partial charge is 0.307 e. The molecule has 3 nitrogen and oxygen atoms in total. The van der Waals surface area contributed by atoms with E-state index in [1.54, 1.807) is 23.1 Å². The Labute approximate surface area is 211 Å². The average molecular weight is 526 g/mol. The van der Waals surface area contributed by atoms with Crippen molar-refractivity contribution in [3.05, 3.63) is 136 Å². The second kappa shape index (κ2) is 8.28. The maximum atomic E-state index is 14.6. The number of rotatable bonds is 5. The van der Waals surface area contributed by atoms with Crippen molar-refractivity contribution in [2.75, 3.05) is 4.90 Å². The number of amides is 1. The van der Waals surface area contributed by atoms with Crippen LogP contribution in [0.3, 0.4) is 0 Å². The molecule has 0 aromatic heterocycles. The lowest BCUT2D eigenvalue weighted by atomic mass is 9.90. The van der Waals surface area contributed by atoms with Crippen molar-refractivity contribution in [3.8, 4) is 0 Å². The zero-order valence-corrected chi connectivity index (χ0v) is 20.3. The molecule has 1 amide bonds. The standard InChI is InChI=1S/C30H21BrFNO2/c31-22-13-11-21(12-14-22)28(34)27-26(20-9-5-2-6-10-20)30(27)24-17-23(32)15-16-25(24)33(29(30)35)18-19-7-3-1-4-8-19/h1-17,26-27H,18H2/t26-,27+,30+/m0/s1. The molecule has 4 aromatic rings. The number of nitrogens with zero attached hydrogens (tertiary/aromatic N) is 1. The monoisotopic (exact) mass is 525 g/mol. The fraction of sp³-hybridized carbons (Fsp3) is 0.133. The van der Waals surface area contributed by atoms with Gasteiger partial charge >= 0.3 is 0 Å². The summed E-state index contributed by atoms with van der Waals surface area (Å²) in [4.78, 5) is 29.9. The van der Waals surface area contributed by atoms with Gasteiger partial charge in [-0.25, -0.2) is 4.39 Å². The molecular formula is C30H21BrFNO2. The maximum Gasteiger partial charge on any atom is 0.239 e. The number of fused-ring (bicyclic) bond motifs is 2. The molecule has 1 aliphatic carbocycles. The molecule has 35 heavy (non-hydrogen) atoms. The number of benzene rings is 4. The van der Waals surface area contributed by atoms with Gasteiger partial charge in [0.1, 0.15) is 5.82 Å². The van der Waals surface area contributed by atoms with E-state index in [2.05, 4.69) is 15.9 Å². The Kier molecular flexibility index (Phi) is 5.19. The van der Waals surface area contributed by atoms with E-state index >= 15 is 0 Å². The van der Waals surface area contributed by atoms with Gasteiger partial charge in [0.05, 0.1) is 12.0 Å². The lowest BCUT2D eigenvalue weighted by Gasteiger charge is -2.18. The molecule has 6 rings (SSSR count). The van der Waals surface area contributed by atoms with Gasteiger partial charge in [-0.1, -0.05) is 88.7 Å². The van der Waals surface area contributed by atoms with E-state index in [-0.39, 0.29) is 17.6 Å². The van der Waals surface area contributed by atoms with Crippen LogP contribution in [0.15, 0.2) is 108 Å². The number of anilines is 1. The van der Waals surface area contributed by atoms with Crippen molar-refractivity contribution >= 4 is 33.3 Å². The summed E-state index contributed by atoms with van der Waals surface area (Å²) in [5.74, 6) is -1.64. The van der Waals surface area contributed by atoms with Crippen LogP contribution in [0.2, 0.25) is 0 Å². The Morgan fingerprint density at radius 2 is 1.54 bits per heavy atom. The van der Waals surface area contributed by atoms with Crippen LogP contribution in [0.5, 0.6) is 0 Å². The summed E-state index contributed by atoms with van der Waals surface area (Å²) >= 11 is 3.42. The van der Waals surface area contributed by atoms with Crippen molar-refractivity contribution in [2.24, 2.45) is 5.92 Å². The number of Topliss-reactive ketones (excluding diaryl/α,β-unsaturated/α-hetero) is 1. The highest BCUT2D eigenvalue weighted by Crippen LogP contribution is 2.71. The predicted molar refractivity (Wildman–Crippen MR) is 137 cm³/mol. The first-order chi connectivity index (χ1) is 17.0. The van der Waals surface area contributed by atoms with E-state index in [1.165, 1.54) is 12.1 Å². The highest BCUT2D eigenvalue weighted by Gasteiger charge is 2.77. The molecular weight excluding hydrogens is 505 g/mol. The van der Waals surface area contributed by atoms with Gasteiger partial charge in [-0.2, -0.15) is 0 Å². The third kappa shape index (κ3) is 3.37. The molecule has 3 atom stereocenters. The van der Waals surface area contributed by atoms with Crippen LogP contribution in [0, 0.1) is 11.7 Å². The van der Waals surface area contributed by atoms with Gasteiger partial charge in [0.25, 0.3) is 0 Å². The summed E-state index contributed by atoms with van der Waals surface area (Å²) in [6.45, 7) is 0.362. The molecule has 0 unspecified atom stereocenters. The summed E-state index contributed by atoms with van der Waals surface area (Å²) in [5, 5.41) is 0. The lowest BCUT2D eigenvalue weighted by Crippen LogP contribution is -2.34. The van der Waals surface area contributed by atoms with Crippen LogP contribution in [0.25, 0.3) is 0 Å². The molecule has 1 aliphatic heterocycles. The third-order valence-electron chi connectivity index (χ3n) is 7.25. The molecule has 2 aliphatic rings. The van der Waals surface area contributed by atoms with Gasteiger partial charge in [-0.15, -0.1) is 0 Å². The van der Waals surface area contributed by atoms with Crippen molar-refractivity contribution in [3.63, 3.8) is 0 Å². The summed E-state index contributed by atoms with van der Waals surface area (Å²) in [5.41, 5.74) is 2.57. The smallest absolute Gasteiger partial charge is 0.239 e. The van der Waals surface area contributed by atoms with Gasteiger partial charge in [0.2, 0.25) is 5.91 Å². The fourth-order valence-electron chi connectivity index (χ4n) is 5.70. The third-order valence-corrected chi connectivity index (χ3v) is 7.78. The van der Waals surface area contributed by atoms with Crippen molar-refractivity contribution < 1.29 is 14.0 Å². The lowest BCUT2D eigenvalue weighted by molar-refractivity contribution is -0.120. The van der Waals surface area contributed by atoms with Crippen molar-refractivity contribution in [1.29, 1.82) is 0 Å². The van der Waals surface area contributed by atoms with Crippen LogP contribution >= 0.6 is 15.9 Å². The first-order valence-corrected chi connectivity index (χ1v) is 12.3. The second-order valence-corrected chi connectivity index (χ2v) is 10.1. The molecule has 5 heteroatoms. The second-order valence-electron chi connectivity index (χ2n) is 9.14. The number of ketones is 1.